The molecule has 5 heteroatoms. The number of hydrogen-bond acceptors (Lipinski definition) is 3. The molecule has 1 aromatic carbocycles. The first-order valence-corrected chi connectivity index (χ1v) is 6.40. The van der Waals surface area contributed by atoms with Gasteiger partial charge in [0.2, 0.25) is 5.91 Å². The number of rotatable bonds is 4. The van der Waals surface area contributed by atoms with Crippen molar-refractivity contribution in [3.63, 3.8) is 0 Å². The van der Waals surface area contributed by atoms with Gasteiger partial charge in [0.05, 0.1) is 6.26 Å². The Hall–Kier alpha value is -2.82. The van der Waals surface area contributed by atoms with Gasteiger partial charge in [0.25, 0.3) is 5.91 Å². The fourth-order valence-electron chi connectivity index (χ4n) is 1.72. The van der Waals surface area contributed by atoms with Gasteiger partial charge in [-0.25, -0.2) is 0 Å². The molecule has 0 radical (unpaired) electrons. The summed E-state index contributed by atoms with van der Waals surface area (Å²) in [5.41, 5.74) is 1.09. The van der Waals surface area contributed by atoms with Gasteiger partial charge in [0.15, 0.2) is 0 Å². The molecule has 1 aromatic heterocycles. The van der Waals surface area contributed by atoms with Gasteiger partial charge in [-0.15, -0.1) is 0 Å². The number of amides is 2. The summed E-state index contributed by atoms with van der Waals surface area (Å²) in [5, 5.41) is 2.70. The van der Waals surface area contributed by atoms with E-state index in [1.54, 1.807) is 56.6 Å². The molecule has 0 saturated heterocycles. The minimum Gasteiger partial charge on any atom is -0.465 e. The minimum atomic E-state index is -0.291. The zero-order valence-corrected chi connectivity index (χ0v) is 11.9. The number of carbonyl (C=O) groups is 2. The van der Waals surface area contributed by atoms with E-state index in [4.69, 9.17) is 4.42 Å². The van der Waals surface area contributed by atoms with Crippen molar-refractivity contribution < 1.29 is 14.0 Å². The average Bonchev–Trinajstić information content (AvgIpc) is 2.98. The largest absolute Gasteiger partial charge is 0.465 e. The molecule has 0 aliphatic rings. The number of carbonyl (C=O) groups excluding carboxylic acids is 2. The van der Waals surface area contributed by atoms with Crippen LogP contribution < -0.4 is 5.32 Å². The molecule has 108 valence electrons. The monoisotopic (exact) mass is 284 g/mol. The lowest BCUT2D eigenvalue weighted by molar-refractivity contribution is -0.111. The number of nitrogens with zero attached hydrogens (tertiary/aromatic N) is 1. The van der Waals surface area contributed by atoms with E-state index in [-0.39, 0.29) is 11.8 Å². The first-order chi connectivity index (χ1) is 10.1. The molecule has 0 unspecified atom stereocenters. The van der Waals surface area contributed by atoms with Crippen molar-refractivity contribution in [1.29, 1.82) is 0 Å². The van der Waals surface area contributed by atoms with Crippen molar-refractivity contribution in [1.82, 2.24) is 4.90 Å². The summed E-state index contributed by atoms with van der Waals surface area (Å²) in [6.07, 6.45) is 4.48. The molecule has 0 bridgehead atoms. The van der Waals surface area contributed by atoms with Gasteiger partial charge >= 0.3 is 0 Å². The van der Waals surface area contributed by atoms with Gasteiger partial charge in [-0.3, -0.25) is 9.59 Å². The van der Waals surface area contributed by atoms with Crippen molar-refractivity contribution in [2.24, 2.45) is 0 Å². The highest BCUT2D eigenvalue weighted by atomic mass is 16.3. The Balaban J connectivity index is 2.04. The maximum absolute atomic E-state index is 11.9. The second-order valence-corrected chi connectivity index (χ2v) is 4.62. The molecule has 2 amide bonds. The van der Waals surface area contributed by atoms with Gasteiger partial charge in [0, 0.05) is 31.4 Å². The third-order valence-corrected chi connectivity index (χ3v) is 2.73. The maximum atomic E-state index is 11.9. The predicted octanol–water partition coefficient (Wildman–Crippen LogP) is 2.63. The van der Waals surface area contributed by atoms with E-state index in [2.05, 4.69) is 5.32 Å². The molecule has 0 aliphatic heterocycles. The minimum absolute atomic E-state index is 0.114. The quantitative estimate of drug-likeness (QED) is 0.878. The Bertz CT molecular complexity index is 658. The number of hydrogen-bond donors (Lipinski definition) is 1. The molecule has 0 aliphatic carbocycles. The molecular weight excluding hydrogens is 268 g/mol. The summed E-state index contributed by atoms with van der Waals surface area (Å²) in [5.74, 6) is 0.194. The summed E-state index contributed by atoms with van der Waals surface area (Å²) in [6, 6.07) is 10.3. The van der Waals surface area contributed by atoms with Crippen molar-refractivity contribution >= 4 is 23.6 Å². The van der Waals surface area contributed by atoms with Crippen LogP contribution in [0.5, 0.6) is 0 Å². The topological polar surface area (TPSA) is 62.6 Å². The lowest BCUT2D eigenvalue weighted by Crippen LogP contribution is -2.21. The summed E-state index contributed by atoms with van der Waals surface area (Å²) < 4.78 is 5.09. The summed E-state index contributed by atoms with van der Waals surface area (Å²) in [4.78, 5) is 25.1. The molecular formula is C16H16N2O3. The van der Waals surface area contributed by atoms with E-state index in [0.29, 0.717) is 17.0 Å². The first-order valence-electron chi connectivity index (χ1n) is 6.40. The van der Waals surface area contributed by atoms with Crippen LogP contribution in [0.25, 0.3) is 6.08 Å². The highest BCUT2D eigenvalue weighted by Crippen LogP contribution is 2.12. The molecule has 1 N–H and O–H groups in total. The molecule has 0 atom stereocenters. The first kappa shape index (κ1) is 14.6. The smallest absolute Gasteiger partial charge is 0.253 e. The van der Waals surface area contributed by atoms with Gasteiger partial charge in [-0.05, 0) is 36.4 Å². The predicted molar refractivity (Wildman–Crippen MR) is 80.8 cm³/mol. The van der Waals surface area contributed by atoms with E-state index in [1.165, 1.54) is 17.2 Å². The number of benzene rings is 1. The highest BCUT2D eigenvalue weighted by molar-refractivity contribution is 6.02. The number of furan rings is 1. The molecule has 21 heavy (non-hydrogen) atoms. The summed E-state index contributed by atoms with van der Waals surface area (Å²) >= 11 is 0. The molecule has 0 fully saturated rings. The SMILES string of the molecule is CN(C)C(=O)c1cccc(NC(=O)/C=C/c2ccco2)c1. The van der Waals surface area contributed by atoms with Gasteiger partial charge < -0.3 is 14.6 Å². The lowest BCUT2D eigenvalue weighted by atomic mass is 10.2. The van der Waals surface area contributed by atoms with Crippen LogP contribution in [-0.2, 0) is 4.79 Å². The van der Waals surface area contributed by atoms with E-state index < -0.39 is 0 Å². The van der Waals surface area contributed by atoms with Gasteiger partial charge in [-0.1, -0.05) is 6.07 Å². The van der Waals surface area contributed by atoms with Crippen molar-refractivity contribution in [2.45, 2.75) is 0 Å². The average molecular weight is 284 g/mol. The van der Waals surface area contributed by atoms with Gasteiger partial charge in [0.1, 0.15) is 5.76 Å². The highest BCUT2D eigenvalue weighted by Gasteiger charge is 2.08. The zero-order chi connectivity index (χ0) is 15.2. The van der Waals surface area contributed by atoms with Crippen molar-refractivity contribution in [2.75, 3.05) is 19.4 Å². The Morgan fingerprint density at radius 2 is 2.00 bits per heavy atom. The molecule has 0 saturated carbocycles. The number of anilines is 1. The summed E-state index contributed by atoms with van der Waals surface area (Å²) in [6.45, 7) is 0. The van der Waals surface area contributed by atoms with Crippen LogP contribution in [-0.4, -0.2) is 30.8 Å². The van der Waals surface area contributed by atoms with Gasteiger partial charge in [-0.2, -0.15) is 0 Å². The maximum Gasteiger partial charge on any atom is 0.253 e. The Morgan fingerprint density at radius 1 is 1.19 bits per heavy atom. The molecule has 0 spiro atoms. The Labute approximate surface area is 122 Å². The lowest BCUT2D eigenvalue weighted by Gasteiger charge is -2.11. The number of nitrogens with one attached hydrogen (secondary N) is 1. The molecule has 5 nitrogen and oxygen atoms in total. The van der Waals surface area contributed by atoms with E-state index >= 15 is 0 Å². The standard InChI is InChI=1S/C16H16N2O3/c1-18(2)16(20)12-5-3-6-13(11-12)17-15(19)9-8-14-7-4-10-21-14/h3-11H,1-2H3,(H,17,19)/b9-8+. The third kappa shape index (κ3) is 4.07. The Kier molecular flexibility index (Phi) is 4.56. The van der Waals surface area contributed by atoms with Crippen LogP contribution in [0.4, 0.5) is 5.69 Å². The van der Waals surface area contributed by atoms with Crippen LogP contribution >= 0.6 is 0 Å². The molecule has 2 rings (SSSR count). The second-order valence-electron chi connectivity index (χ2n) is 4.62. The van der Waals surface area contributed by atoms with E-state index in [1.807, 2.05) is 0 Å². The van der Waals surface area contributed by atoms with Crippen LogP contribution in [0.1, 0.15) is 16.1 Å². The fraction of sp³-hybridized carbons (Fsp3) is 0.125. The molecule has 1 heterocycles. The third-order valence-electron chi connectivity index (χ3n) is 2.73. The Morgan fingerprint density at radius 3 is 2.67 bits per heavy atom. The normalized spacial score (nSPS) is 10.6. The van der Waals surface area contributed by atoms with Crippen LogP contribution in [0.2, 0.25) is 0 Å². The zero-order valence-electron chi connectivity index (χ0n) is 11.9. The van der Waals surface area contributed by atoms with Crippen LogP contribution in [0.3, 0.4) is 0 Å². The van der Waals surface area contributed by atoms with Crippen LogP contribution in [0, 0.1) is 0 Å². The molecule has 2 aromatic rings. The second kappa shape index (κ2) is 6.56. The summed E-state index contributed by atoms with van der Waals surface area (Å²) in [7, 11) is 3.36. The van der Waals surface area contributed by atoms with Crippen molar-refractivity contribution in [3.8, 4) is 0 Å². The van der Waals surface area contributed by atoms with Crippen molar-refractivity contribution in [3.05, 3.63) is 60.1 Å². The van der Waals surface area contributed by atoms with Crippen LogP contribution in [0.15, 0.2) is 53.2 Å². The van der Waals surface area contributed by atoms with E-state index in [0.717, 1.165) is 0 Å². The fourth-order valence-corrected chi connectivity index (χ4v) is 1.72. The van der Waals surface area contributed by atoms with E-state index in [9.17, 15) is 9.59 Å².